The predicted molar refractivity (Wildman–Crippen MR) is 73.8 cm³/mol. The van der Waals surface area contributed by atoms with Crippen molar-refractivity contribution in [3.63, 3.8) is 0 Å². The first-order chi connectivity index (χ1) is 9.20. The molecule has 2 aliphatic heterocycles. The lowest BCUT2D eigenvalue weighted by Crippen LogP contribution is -2.51. The Kier molecular flexibility index (Phi) is 4.82. The lowest BCUT2D eigenvalue weighted by molar-refractivity contribution is -0.117. The molecule has 2 heterocycles. The first-order valence-electron chi connectivity index (χ1n) is 7.17. The molecule has 0 unspecified atom stereocenters. The fraction of sp³-hybridized carbons (Fsp3) is 0.714. The fourth-order valence-corrected chi connectivity index (χ4v) is 2.76. The van der Waals surface area contributed by atoms with E-state index in [4.69, 9.17) is 0 Å². The quantitative estimate of drug-likeness (QED) is 0.766. The minimum atomic E-state index is -0.124. The van der Waals surface area contributed by atoms with Crippen molar-refractivity contribution in [2.24, 2.45) is 0 Å². The zero-order valence-electron chi connectivity index (χ0n) is 11.4. The largest absolute Gasteiger partial charge is 0.350 e. The van der Waals surface area contributed by atoms with Crippen LogP contribution < -0.4 is 5.32 Å². The number of nitrogens with one attached hydrogen (secondary N) is 1. The van der Waals surface area contributed by atoms with Crippen molar-refractivity contribution in [3.05, 3.63) is 12.7 Å². The highest BCUT2D eigenvalue weighted by Crippen LogP contribution is 2.16. The van der Waals surface area contributed by atoms with Gasteiger partial charge in [-0.1, -0.05) is 6.58 Å². The Bertz CT molecular complexity index is 343. The zero-order valence-corrected chi connectivity index (χ0v) is 11.4. The Morgan fingerprint density at radius 1 is 1.00 bits per heavy atom. The third kappa shape index (κ3) is 3.72. The number of piperidine rings is 2. The maximum atomic E-state index is 12.3. The predicted octanol–water partition coefficient (Wildman–Crippen LogP) is 1.36. The van der Waals surface area contributed by atoms with Gasteiger partial charge >= 0.3 is 6.03 Å². The number of amides is 3. The summed E-state index contributed by atoms with van der Waals surface area (Å²) in [6, 6.07) is 0.351. The molecule has 106 valence electrons. The molecule has 2 fully saturated rings. The first-order valence-corrected chi connectivity index (χ1v) is 7.17. The maximum absolute atomic E-state index is 12.3. The molecule has 0 radical (unpaired) electrons. The molecule has 0 aromatic carbocycles. The van der Waals surface area contributed by atoms with Crippen LogP contribution in [0.4, 0.5) is 4.79 Å². The molecule has 19 heavy (non-hydrogen) atoms. The second-order valence-electron chi connectivity index (χ2n) is 5.30. The average Bonchev–Trinajstić information content (AvgIpc) is 2.48. The van der Waals surface area contributed by atoms with Crippen molar-refractivity contribution in [2.75, 3.05) is 26.2 Å². The van der Waals surface area contributed by atoms with Crippen LogP contribution in [0.25, 0.3) is 0 Å². The summed E-state index contributed by atoms with van der Waals surface area (Å²) >= 11 is 0. The van der Waals surface area contributed by atoms with Crippen LogP contribution in [0.1, 0.15) is 32.1 Å². The number of rotatable bonds is 2. The van der Waals surface area contributed by atoms with Gasteiger partial charge in [-0.15, -0.1) is 0 Å². The molecule has 2 saturated heterocycles. The van der Waals surface area contributed by atoms with Crippen molar-refractivity contribution < 1.29 is 9.59 Å². The van der Waals surface area contributed by atoms with E-state index in [0.29, 0.717) is 0 Å². The van der Waals surface area contributed by atoms with E-state index in [1.807, 2.05) is 9.80 Å². The Hall–Kier alpha value is -1.52. The summed E-state index contributed by atoms with van der Waals surface area (Å²) in [5.41, 5.74) is 0. The first kappa shape index (κ1) is 13.9. The molecule has 2 aliphatic rings. The van der Waals surface area contributed by atoms with E-state index < -0.39 is 0 Å². The Labute approximate surface area is 114 Å². The molecule has 0 spiro atoms. The van der Waals surface area contributed by atoms with Gasteiger partial charge in [-0.2, -0.15) is 0 Å². The van der Waals surface area contributed by atoms with Gasteiger partial charge in [0.1, 0.15) is 0 Å². The molecular weight excluding hydrogens is 242 g/mol. The van der Waals surface area contributed by atoms with Crippen LogP contribution in [-0.4, -0.2) is 54.0 Å². The standard InChI is InChI=1S/C14H23N3O2/c1-2-13(18)15-12-6-10-17(11-7-12)14(19)16-8-4-3-5-9-16/h2,12H,1,3-11H2,(H,15,18). The van der Waals surface area contributed by atoms with Crippen LogP contribution in [-0.2, 0) is 4.79 Å². The van der Waals surface area contributed by atoms with Crippen LogP contribution in [0.15, 0.2) is 12.7 Å². The monoisotopic (exact) mass is 265 g/mol. The summed E-state index contributed by atoms with van der Waals surface area (Å²) in [6.07, 6.45) is 6.44. The van der Waals surface area contributed by atoms with Crippen LogP contribution in [0.3, 0.4) is 0 Å². The normalized spacial score (nSPS) is 21.1. The molecule has 0 atom stereocenters. The van der Waals surface area contributed by atoms with E-state index in [1.165, 1.54) is 12.5 Å². The number of nitrogens with zero attached hydrogens (tertiary/aromatic N) is 2. The summed E-state index contributed by atoms with van der Waals surface area (Å²) in [6.45, 7) is 6.70. The molecule has 0 aromatic heterocycles. The number of hydrogen-bond acceptors (Lipinski definition) is 2. The van der Waals surface area contributed by atoms with Gasteiger partial charge in [0, 0.05) is 32.2 Å². The Balaban J connectivity index is 1.77. The average molecular weight is 265 g/mol. The summed E-state index contributed by atoms with van der Waals surface area (Å²) in [4.78, 5) is 27.4. The smallest absolute Gasteiger partial charge is 0.319 e. The highest BCUT2D eigenvalue weighted by Gasteiger charge is 2.27. The van der Waals surface area contributed by atoms with E-state index in [9.17, 15) is 9.59 Å². The van der Waals surface area contributed by atoms with Gasteiger partial charge in [0.25, 0.3) is 0 Å². The third-order valence-corrected chi connectivity index (χ3v) is 3.92. The summed E-state index contributed by atoms with van der Waals surface area (Å²) < 4.78 is 0. The number of hydrogen-bond donors (Lipinski definition) is 1. The molecule has 0 saturated carbocycles. The van der Waals surface area contributed by atoms with Gasteiger partial charge in [0.2, 0.25) is 5.91 Å². The Morgan fingerprint density at radius 3 is 2.16 bits per heavy atom. The van der Waals surface area contributed by atoms with Gasteiger partial charge < -0.3 is 15.1 Å². The topological polar surface area (TPSA) is 52.7 Å². The van der Waals surface area contributed by atoms with Gasteiger partial charge in [0.15, 0.2) is 0 Å². The summed E-state index contributed by atoms with van der Waals surface area (Å²) in [5.74, 6) is -0.124. The van der Waals surface area contributed by atoms with E-state index in [2.05, 4.69) is 11.9 Å². The van der Waals surface area contributed by atoms with E-state index in [0.717, 1.165) is 51.9 Å². The Morgan fingerprint density at radius 2 is 1.58 bits per heavy atom. The zero-order chi connectivity index (χ0) is 13.7. The number of urea groups is 1. The molecule has 1 N–H and O–H groups in total. The summed E-state index contributed by atoms with van der Waals surface area (Å²) in [7, 11) is 0. The number of carbonyl (C=O) groups is 2. The highest BCUT2D eigenvalue weighted by molar-refractivity contribution is 5.87. The van der Waals surface area contributed by atoms with Crippen molar-refractivity contribution in [3.8, 4) is 0 Å². The minimum absolute atomic E-state index is 0.124. The molecule has 0 aliphatic carbocycles. The molecular formula is C14H23N3O2. The van der Waals surface area contributed by atoms with Gasteiger partial charge in [-0.05, 0) is 38.2 Å². The molecule has 2 rings (SSSR count). The molecule has 0 aromatic rings. The molecule has 5 heteroatoms. The number of carbonyl (C=O) groups excluding carboxylic acids is 2. The molecule has 0 bridgehead atoms. The van der Waals surface area contributed by atoms with Crippen molar-refractivity contribution >= 4 is 11.9 Å². The number of likely N-dealkylation sites (tertiary alicyclic amines) is 2. The lowest BCUT2D eigenvalue weighted by Gasteiger charge is -2.37. The highest BCUT2D eigenvalue weighted by atomic mass is 16.2. The van der Waals surface area contributed by atoms with Crippen molar-refractivity contribution in [2.45, 2.75) is 38.1 Å². The van der Waals surface area contributed by atoms with E-state index >= 15 is 0 Å². The SMILES string of the molecule is C=CC(=O)NC1CCN(C(=O)N2CCCCC2)CC1. The second-order valence-corrected chi connectivity index (χ2v) is 5.30. The fourth-order valence-electron chi connectivity index (χ4n) is 2.76. The van der Waals surface area contributed by atoms with Crippen LogP contribution in [0.2, 0.25) is 0 Å². The van der Waals surface area contributed by atoms with Crippen molar-refractivity contribution in [1.82, 2.24) is 15.1 Å². The maximum Gasteiger partial charge on any atom is 0.319 e. The minimum Gasteiger partial charge on any atom is -0.350 e. The van der Waals surface area contributed by atoms with E-state index in [1.54, 1.807) is 0 Å². The van der Waals surface area contributed by atoms with Crippen LogP contribution >= 0.6 is 0 Å². The molecule has 5 nitrogen and oxygen atoms in total. The molecule has 3 amide bonds. The van der Waals surface area contributed by atoms with Crippen LogP contribution in [0.5, 0.6) is 0 Å². The van der Waals surface area contributed by atoms with Gasteiger partial charge in [-0.25, -0.2) is 4.79 Å². The van der Waals surface area contributed by atoms with Crippen molar-refractivity contribution in [1.29, 1.82) is 0 Å². The van der Waals surface area contributed by atoms with E-state index in [-0.39, 0.29) is 18.0 Å². The third-order valence-electron chi connectivity index (χ3n) is 3.92. The summed E-state index contributed by atoms with van der Waals surface area (Å²) in [5, 5.41) is 2.90. The second kappa shape index (κ2) is 6.59. The van der Waals surface area contributed by atoms with Gasteiger partial charge in [0.05, 0.1) is 0 Å². The van der Waals surface area contributed by atoms with Gasteiger partial charge in [-0.3, -0.25) is 4.79 Å². The lowest BCUT2D eigenvalue weighted by atomic mass is 10.0. The van der Waals surface area contributed by atoms with Crippen LogP contribution in [0, 0.1) is 0 Å².